The molecule has 0 unspecified atom stereocenters. The summed E-state index contributed by atoms with van der Waals surface area (Å²) in [6.45, 7) is 5.53. The predicted molar refractivity (Wildman–Crippen MR) is 135 cm³/mol. The first-order chi connectivity index (χ1) is 15.3. The average Bonchev–Trinajstić information content (AvgIpc) is 2.82. The van der Waals surface area contributed by atoms with E-state index in [2.05, 4.69) is 38.1 Å². The van der Waals surface area contributed by atoms with Gasteiger partial charge in [0.1, 0.15) is 5.75 Å². The fraction of sp³-hybridized carbons (Fsp3) is 0.800. The Morgan fingerprint density at radius 1 is 0.613 bits per heavy atom. The summed E-state index contributed by atoms with van der Waals surface area (Å²) in [6, 6.07) is 9.01. The fourth-order valence-corrected chi connectivity index (χ4v) is 6.20. The first-order valence-corrected chi connectivity index (χ1v) is 14.0. The molecule has 1 aromatic carbocycles. The van der Waals surface area contributed by atoms with Gasteiger partial charge in [0.05, 0.1) is 6.61 Å². The number of aryl methyl sites for hydroxylation is 1. The molecule has 2 fully saturated rings. The van der Waals surface area contributed by atoms with Crippen LogP contribution in [0.4, 0.5) is 0 Å². The monoisotopic (exact) mass is 426 g/mol. The number of hydrogen-bond donors (Lipinski definition) is 0. The van der Waals surface area contributed by atoms with Gasteiger partial charge in [-0.1, -0.05) is 109 Å². The van der Waals surface area contributed by atoms with Crippen LogP contribution in [0.2, 0.25) is 0 Å². The van der Waals surface area contributed by atoms with Crippen molar-refractivity contribution in [3.63, 3.8) is 0 Å². The summed E-state index contributed by atoms with van der Waals surface area (Å²) in [5.41, 5.74) is 1.49. The molecule has 31 heavy (non-hydrogen) atoms. The standard InChI is InChI=1S/C30H50O/c1-3-5-8-26-14-16-28(17-15-26)18-19-29-20-22-30(23-21-29)31-24-6-9-27-12-10-25(7-4-2)11-13-27/h20-23,25-28H,3-19,24H2,1-2H3. The minimum Gasteiger partial charge on any atom is -0.494 e. The molecule has 1 nitrogen and oxygen atoms in total. The van der Waals surface area contributed by atoms with Gasteiger partial charge in [0.15, 0.2) is 0 Å². The smallest absolute Gasteiger partial charge is 0.119 e. The quantitative estimate of drug-likeness (QED) is 0.285. The molecule has 0 radical (unpaired) electrons. The molecule has 1 aromatic rings. The van der Waals surface area contributed by atoms with Crippen LogP contribution in [0.3, 0.4) is 0 Å². The Morgan fingerprint density at radius 2 is 1.13 bits per heavy atom. The summed E-state index contributed by atoms with van der Waals surface area (Å²) in [7, 11) is 0. The van der Waals surface area contributed by atoms with Crippen LogP contribution < -0.4 is 4.74 Å². The minimum absolute atomic E-state index is 0.884. The van der Waals surface area contributed by atoms with Crippen molar-refractivity contribution < 1.29 is 4.74 Å². The van der Waals surface area contributed by atoms with Gasteiger partial charge in [0.2, 0.25) is 0 Å². The van der Waals surface area contributed by atoms with Gasteiger partial charge in [-0.2, -0.15) is 0 Å². The second-order valence-electron chi connectivity index (χ2n) is 10.9. The first kappa shape index (κ1) is 24.7. The van der Waals surface area contributed by atoms with Gasteiger partial charge >= 0.3 is 0 Å². The third-order valence-electron chi connectivity index (χ3n) is 8.39. The summed E-state index contributed by atoms with van der Waals surface area (Å²) < 4.78 is 6.05. The summed E-state index contributed by atoms with van der Waals surface area (Å²) in [5.74, 6) is 5.04. The van der Waals surface area contributed by atoms with E-state index in [-0.39, 0.29) is 0 Å². The van der Waals surface area contributed by atoms with E-state index in [9.17, 15) is 0 Å². The van der Waals surface area contributed by atoms with Crippen LogP contribution >= 0.6 is 0 Å². The van der Waals surface area contributed by atoms with Crippen LogP contribution in [-0.4, -0.2) is 6.61 Å². The van der Waals surface area contributed by atoms with Crippen molar-refractivity contribution in [1.29, 1.82) is 0 Å². The van der Waals surface area contributed by atoms with Crippen LogP contribution in [0.5, 0.6) is 5.75 Å². The molecule has 2 aliphatic carbocycles. The largest absolute Gasteiger partial charge is 0.494 e. The lowest BCUT2D eigenvalue weighted by molar-refractivity contribution is 0.230. The summed E-state index contributed by atoms with van der Waals surface area (Å²) in [6.07, 6.45) is 24.0. The molecule has 0 atom stereocenters. The van der Waals surface area contributed by atoms with Crippen molar-refractivity contribution in [3.8, 4) is 5.75 Å². The lowest BCUT2D eigenvalue weighted by atomic mass is 9.78. The van der Waals surface area contributed by atoms with Gasteiger partial charge < -0.3 is 4.74 Å². The summed E-state index contributed by atoms with van der Waals surface area (Å²) >= 11 is 0. The van der Waals surface area contributed by atoms with Crippen LogP contribution in [0, 0.1) is 23.7 Å². The maximum Gasteiger partial charge on any atom is 0.119 e. The van der Waals surface area contributed by atoms with E-state index in [0.717, 1.165) is 36.0 Å². The van der Waals surface area contributed by atoms with Crippen molar-refractivity contribution >= 4 is 0 Å². The highest BCUT2D eigenvalue weighted by atomic mass is 16.5. The third-order valence-corrected chi connectivity index (χ3v) is 8.39. The Bertz CT molecular complexity index is 561. The Balaban J connectivity index is 1.24. The van der Waals surface area contributed by atoms with Crippen molar-refractivity contribution in [2.24, 2.45) is 23.7 Å². The molecule has 176 valence electrons. The molecular weight excluding hydrogens is 376 g/mol. The lowest BCUT2D eigenvalue weighted by Crippen LogP contribution is -2.15. The molecule has 0 spiro atoms. The van der Waals surface area contributed by atoms with Crippen molar-refractivity contribution in [1.82, 2.24) is 0 Å². The summed E-state index contributed by atoms with van der Waals surface area (Å²) in [5, 5.41) is 0. The van der Waals surface area contributed by atoms with Crippen molar-refractivity contribution in [3.05, 3.63) is 29.8 Å². The Kier molecular flexibility index (Phi) is 11.3. The molecule has 0 N–H and O–H groups in total. The maximum atomic E-state index is 6.05. The van der Waals surface area contributed by atoms with Gasteiger partial charge in [-0.25, -0.2) is 0 Å². The van der Waals surface area contributed by atoms with Gasteiger partial charge in [-0.05, 0) is 67.1 Å². The van der Waals surface area contributed by atoms with E-state index in [1.54, 1.807) is 0 Å². The Hall–Kier alpha value is -0.980. The molecule has 0 heterocycles. The maximum absolute atomic E-state index is 6.05. The average molecular weight is 427 g/mol. The number of benzene rings is 1. The van der Waals surface area contributed by atoms with E-state index in [1.165, 1.54) is 115 Å². The molecule has 0 amide bonds. The van der Waals surface area contributed by atoms with E-state index in [0.29, 0.717) is 0 Å². The zero-order valence-electron chi connectivity index (χ0n) is 20.8. The first-order valence-electron chi connectivity index (χ1n) is 14.0. The highest BCUT2D eigenvalue weighted by molar-refractivity contribution is 5.27. The molecule has 0 aliphatic heterocycles. The normalized spacial score (nSPS) is 26.6. The van der Waals surface area contributed by atoms with Crippen molar-refractivity contribution in [2.45, 2.75) is 123 Å². The molecular formula is C30H50O. The summed E-state index contributed by atoms with van der Waals surface area (Å²) in [4.78, 5) is 0. The van der Waals surface area contributed by atoms with E-state index in [1.807, 2.05) is 0 Å². The zero-order valence-corrected chi connectivity index (χ0v) is 20.8. The molecule has 0 bridgehead atoms. The molecule has 0 saturated heterocycles. The predicted octanol–water partition coefficient (Wildman–Crippen LogP) is 9.38. The fourth-order valence-electron chi connectivity index (χ4n) is 6.20. The van der Waals surface area contributed by atoms with Crippen molar-refractivity contribution in [2.75, 3.05) is 6.61 Å². The van der Waals surface area contributed by atoms with Gasteiger partial charge in [0.25, 0.3) is 0 Å². The highest BCUT2D eigenvalue weighted by Crippen LogP contribution is 2.35. The lowest BCUT2D eigenvalue weighted by Gasteiger charge is -2.28. The number of ether oxygens (including phenoxy) is 1. The van der Waals surface area contributed by atoms with E-state index < -0.39 is 0 Å². The highest BCUT2D eigenvalue weighted by Gasteiger charge is 2.21. The van der Waals surface area contributed by atoms with Gasteiger partial charge in [-0.15, -0.1) is 0 Å². The van der Waals surface area contributed by atoms with E-state index >= 15 is 0 Å². The third kappa shape index (κ3) is 9.19. The van der Waals surface area contributed by atoms with Gasteiger partial charge in [-0.3, -0.25) is 0 Å². The second-order valence-corrected chi connectivity index (χ2v) is 10.9. The zero-order chi connectivity index (χ0) is 21.7. The number of unbranched alkanes of at least 4 members (excludes halogenated alkanes) is 1. The SMILES string of the molecule is CCCCC1CCC(CCc2ccc(OCCCC3CCC(CCC)CC3)cc2)CC1. The van der Waals surface area contributed by atoms with Crippen LogP contribution in [0.25, 0.3) is 0 Å². The van der Waals surface area contributed by atoms with Crippen LogP contribution in [0.15, 0.2) is 24.3 Å². The Morgan fingerprint density at radius 3 is 1.68 bits per heavy atom. The molecule has 3 rings (SSSR count). The van der Waals surface area contributed by atoms with Crippen LogP contribution in [-0.2, 0) is 6.42 Å². The van der Waals surface area contributed by atoms with Crippen LogP contribution in [0.1, 0.15) is 122 Å². The van der Waals surface area contributed by atoms with E-state index in [4.69, 9.17) is 4.74 Å². The topological polar surface area (TPSA) is 9.23 Å². The van der Waals surface area contributed by atoms with Gasteiger partial charge in [0, 0.05) is 0 Å². The second kappa shape index (κ2) is 14.2. The molecule has 0 aromatic heterocycles. The number of hydrogen-bond acceptors (Lipinski definition) is 1. The molecule has 1 heteroatoms. The number of rotatable bonds is 13. The Labute approximate surface area is 193 Å². The minimum atomic E-state index is 0.884. The molecule has 2 aliphatic rings. The molecule has 2 saturated carbocycles.